The van der Waals surface area contributed by atoms with E-state index in [1.807, 2.05) is 32.9 Å². The highest BCUT2D eigenvalue weighted by atomic mass is 32.2. The van der Waals surface area contributed by atoms with Gasteiger partial charge in [0.15, 0.2) is 9.84 Å². The third-order valence-corrected chi connectivity index (χ3v) is 7.13. The summed E-state index contributed by atoms with van der Waals surface area (Å²) in [6.07, 6.45) is 3.23. The van der Waals surface area contributed by atoms with Gasteiger partial charge in [0.2, 0.25) is 0 Å². The Balaban J connectivity index is 2.01. The summed E-state index contributed by atoms with van der Waals surface area (Å²) in [4.78, 5) is 0.433. The van der Waals surface area contributed by atoms with Crippen LogP contribution in [-0.4, -0.2) is 31.4 Å². The molecule has 2 atom stereocenters. The van der Waals surface area contributed by atoms with E-state index in [0.29, 0.717) is 11.4 Å². The number of rotatable bonds is 7. The van der Waals surface area contributed by atoms with E-state index in [1.165, 1.54) is 0 Å². The Hall–Kier alpha value is -0.910. The summed E-state index contributed by atoms with van der Waals surface area (Å²) in [5.74, 6) is 0.216. The van der Waals surface area contributed by atoms with Crippen LogP contribution in [0.3, 0.4) is 0 Å². The van der Waals surface area contributed by atoms with Crippen LogP contribution in [0, 0.1) is 5.92 Å². The molecular formula is C18H29NO3S. The van der Waals surface area contributed by atoms with Crippen molar-refractivity contribution in [3.63, 3.8) is 0 Å². The average Bonchev–Trinajstić information content (AvgIpc) is 3.07. The average molecular weight is 340 g/mol. The second kappa shape index (κ2) is 7.77. The van der Waals surface area contributed by atoms with Crippen molar-refractivity contribution in [2.45, 2.75) is 68.7 Å². The third kappa shape index (κ3) is 4.55. The van der Waals surface area contributed by atoms with Gasteiger partial charge in [-0.2, -0.15) is 0 Å². The van der Waals surface area contributed by atoms with E-state index in [2.05, 4.69) is 5.32 Å². The first-order valence-electron chi connectivity index (χ1n) is 8.57. The number of aliphatic hydroxyl groups excluding tert-OH is 1. The second-order valence-electron chi connectivity index (χ2n) is 6.96. The highest BCUT2D eigenvalue weighted by molar-refractivity contribution is 7.92. The van der Waals surface area contributed by atoms with Gasteiger partial charge in [0.25, 0.3) is 0 Å². The minimum absolute atomic E-state index is 0.0756. The Bertz CT molecular complexity index is 589. The lowest BCUT2D eigenvalue weighted by Crippen LogP contribution is -2.32. The van der Waals surface area contributed by atoms with Gasteiger partial charge in [0.05, 0.1) is 16.2 Å². The molecule has 130 valence electrons. The molecule has 2 unspecified atom stereocenters. The first-order valence-corrected chi connectivity index (χ1v) is 10.1. The molecule has 4 nitrogen and oxygen atoms in total. The summed E-state index contributed by atoms with van der Waals surface area (Å²) in [5.41, 5.74) is 1.03. The standard InChI is InChI=1S/C18H29NO3S/c1-13(2)18(20)12-19-14(3)15-8-10-17(11-9-15)23(21,22)16-6-4-5-7-16/h8-11,13-14,16,18-20H,4-7,12H2,1-3H3. The Morgan fingerprint density at radius 2 is 1.70 bits per heavy atom. The first kappa shape index (κ1) is 18.4. The summed E-state index contributed by atoms with van der Waals surface area (Å²) < 4.78 is 25.1. The molecule has 0 aromatic heterocycles. The minimum Gasteiger partial charge on any atom is -0.392 e. The summed E-state index contributed by atoms with van der Waals surface area (Å²) in [7, 11) is -3.18. The van der Waals surface area contributed by atoms with Crippen LogP contribution in [0.25, 0.3) is 0 Å². The molecule has 1 aromatic carbocycles. The zero-order valence-corrected chi connectivity index (χ0v) is 15.1. The predicted octanol–water partition coefficient (Wildman–Crippen LogP) is 3.07. The van der Waals surface area contributed by atoms with Gasteiger partial charge in [-0.3, -0.25) is 0 Å². The topological polar surface area (TPSA) is 66.4 Å². The van der Waals surface area contributed by atoms with Gasteiger partial charge in [-0.15, -0.1) is 0 Å². The minimum atomic E-state index is -3.18. The number of sulfone groups is 1. The maximum absolute atomic E-state index is 12.6. The molecule has 5 heteroatoms. The molecule has 1 aliphatic carbocycles. The van der Waals surface area contributed by atoms with E-state index >= 15 is 0 Å². The zero-order valence-electron chi connectivity index (χ0n) is 14.3. The van der Waals surface area contributed by atoms with E-state index in [-0.39, 0.29) is 23.3 Å². The lowest BCUT2D eigenvalue weighted by atomic mass is 10.1. The van der Waals surface area contributed by atoms with E-state index in [0.717, 1.165) is 31.2 Å². The van der Waals surface area contributed by atoms with Crippen LogP contribution >= 0.6 is 0 Å². The number of aliphatic hydroxyl groups is 1. The first-order chi connectivity index (χ1) is 10.8. The highest BCUT2D eigenvalue weighted by Crippen LogP contribution is 2.30. The van der Waals surface area contributed by atoms with Crippen LogP contribution in [0.1, 0.15) is 58.1 Å². The second-order valence-corrected chi connectivity index (χ2v) is 9.19. The Morgan fingerprint density at radius 1 is 1.13 bits per heavy atom. The van der Waals surface area contributed by atoms with Crippen molar-refractivity contribution in [3.05, 3.63) is 29.8 Å². The van der Waals surface area contributed by atoms with E-state index in [4.69, 9.17) is 0 Å². The summed E-state index contributed by atoms with van der Waals surface area (Å²) in [5, 5.41) is 12.9. The molecule has 0 saturated heterocycles. The molecule has 2 N–H and O–H groups in total. The summed E-state index contributed by atoms with van der Waals surface area (Å²) >= 11 is 0. The smallest absolute Gasteiger partial charge is 0.181 e. The van der Waals surface area contributed by atoms with Crippen LogP contribution in [-0.2, 0) is 9.84 Å². The van der Waals surface area contributed by atoms with E-state index in [9.17, 15) is 13.5 Å². The van der Waals surface area contributed by atoms with Crippen LogP contribution in [0.5, 0.6) is 0 Å². The monoisotopic (exact) mass is 339 g/mol. The Labute approximate surface area is 140 Å². The largest absolute Gasteiger partial charge is 0.392 e. The Morgan fingerprint density at radius 3 is 2.22 bits per heavy atom. The highest BCUT2D eigenvalue weighted by Gasteiger charge is 2.30. The van der Waals surface area contributed by atoms with Gasteiger partial charge >= 0.3 is 0 Å². The maximum Gasteiger partial charge on any atom is 0.181 e. The molecule has 0 heterocycles. The van der Waals surface area contributed by atoms with Crippen molar-refractivity contribution in [3.8, 4) is 0 Å². The van der Waals surface area contributed by atoms with Gasteiger partial charge in [-0.1, -0.05) is 38.8 Å². The molecule has 0 amide bonds. The van der Waals surface area contributed by atoms with Crippen molar-refractivity contribution in [1.82, 2.24) is 5.32 Å². The van der Waals surface area contributed by atoms with Crippen molar-refractivity contribution < 1.29 is 13.5 Å². The molecule has 1 aliphatic rings. The van der Waals surface area contributed by atoms with Crippen molar-refractivity contribution >= 4 is 9.84 Å². The van der Waals surface area contributed by atoms with Gasteiger partial charge in [-0.05, 0) is 43.4 Å². The van der Waals surface area contributed by atoms with Crippen molar-refractivity contribution in [2.75, 3.05) is 6.54 Å². The molecular weight excluding hydrogens is 310 g/mol. The number of benzene rings is 1. The maximum atomic E-state index is 12.6. The summed E-state index contributed by atoms with van der Waals surface area (Å²) in [6, 6.07) is 7.27. The molecule has 0 spiro atoms. The molecule has 0 aliphatic heterocycles. The molecule has 1 saturated carbocycles. The normalized spacial score (nSPS) is 19.2. The summed E-state index contributed by atoms with van der Waals surface area (Å²) in [6.45, 7) is 6.52. The third-order valence-electron chi connectivity index (χ3n) is 4.85. The van der Waals surface area contributed by atoms with Crippen LogP contribution in [0.2, 0.25) is 0 Å². The lowest BCUT2D eigenvalue weighted by Gasteiger charge is -2.20. The molecule has 0 bridgehead atoms. The molecule has 2 rings (SSSR count). The quantitative estimate of drug-likeness (QED) is 0.801. The lowest BCUT2D eigenvalue weighted by molar-refractivity contribution is 0.120. The molecule has 23 heavy (non-hydrogen) atoms. The predicted molar refractivity (Wildman–Crippen MR) is 93.1 cm³/mol. The molecule has 1 aromatic rings. The van der Waals surface area contributed by atoms with Gasteiger partial charge in [-0.25, -0.2) is 8.42 Å². The SMILES string of the molecule is CC(NCC(O)C(C)C)c1ccc(S(=O)(=O)C2CCCC2)cc1. The van der Waals surface area contributed by atoms with Crippen LogP contribution in [0.4, 0.5) is 0 Å². The fourth-order valence-electron chi connectivity index (χ4n) is 2.99. The molecule has 0 radical (unpaired) electrons. The van der Waals surface area contributed by atoms with Gasteiger partial charge in [0, 0.05) is 12.6 Å². The van der Waals surface area contributed by atoms with Crippen LogP contribution in [0.15, 0.2) is 29.2 Å². The van der Waals surface area contributed by atoms with Crippen molar-refractivity contribution in [2.24, 2.45) is 5.92 Å². The molecule has 1 fully saturated rings. The van der Waals surface area contributed by atoms with Gasteiger partial charge in [0.1, 0.15) is 0 Å². The number of hydrogen-bond donors (Lipinski definition) is 2. The Kier molecular flexibility index (Phi) is 6.23. The fourth-order valence-corrected chi connectivity index (χ4v) is 4.84. The fraction of sp³-hybridized carbons (Fsp3) is 0.667. The van der Waals surface area contributed by atoms with Crippen molar-refractivity contribution in [1.29, 1.82) is 0 Å². The number of nitrogens with one attached hydrogen (secondary N) is 1. The van der Waals surface area contributed by atoms with E-state index in [1.54, 1.807) is 12.1 Å². The number of hydrogen-bond acceptors (Lipinski definition) is 4. The van der Waals surface area contributed by atoms with Gasteiger partial charge < -0.3 is 10.4 Å². The zero-order chi connectivity index (χ0) is 17.0. The van der Waals surface area contributed by atoms with E-state index < -0.39 is 9.84 Å². The van der Waals surface area contributed by atoms with Crippen LogP contribution < -0.4 is 5.32 Å².